The molecule has 1 aromatic carbocycles. The summed E-state index contributed by atoms with van der Waals surface area (Å²) in [7, 11) is 1.61. The molecule has 1 aromatic rings. The van der Waals surface area contributed by atoms with Gasteiger partial charge in [0.05, 0.1) is 13.2 Å². The Bertz CT molecular complexity index is 320. The molecular weight excluding hydrogens is 223 g/mol. The highest BCUT2D eigenvalue weighted by atomic mass is 19.1. The second kappa shape index (κ2) is 6.69. The molecule has 4 heteroatoms. The maximum absolute atomic E-state index is 12.8. The third-order valence-electron chi connectivity index (χ3n) is 3.07. The van der Waals surface area contributed by atoms with E-state index in [0.717, 1.165) is 12.0 Å². The maximum atomic E-state index is 12.8. The van der Waals surface area contributed by atoms with Gasteiger partial charge in [-0.2, -0.15) is 0 Å². The first-order valence-electron chi connectivity index (χ1n) is 5.65. The molecule has 0 aliphatic rings. The van der Waals surface area contributed by atoms with Gasteiger partial charge in [-0.15, -0.1) is 0 Å². The Balaban J connectivity index is 2.85. The topological polar surface area (TPSA) is 49.7 Å². The van der Waals surface area contributed by atoms with Crippen LogP contribution in [0.3, 0.4) is 0 Å². The minimum Gasteiger partial charge on any atom is -0.395 e. The van der Waals surface area contributed by atoms with Gasteiger partial charge in [0.15, 0.2) is 0 Å². The normalized spacial score (nSPS) is 11.8. The average molecular weight is 242 g/mol. The molecule has 0 aliphatic heterocycles. The first-order chi connectivity index (χ1) is 8.18. The fraction of sp³-hybridized carbons (Fsp3) is 0.538. The van der Waals surface area contributed by atoms with Crippen LogP contribution in [0.15, 0.2) is 24.3 Å². The lowest BCUT2D eigenvalue weighted by atomic mass is 9.78. The number of benzene rings is 1. The molecule has 0 unspecified atom stereocenters. The number of halogens is 1. The highest BCUT2D eigenvalue weighted by Gasteiger charge is 2.30. The largest absolute Gasteiger partial charge is 0.395 e. The lowest BCUT2D eigenvalue weighted by Gasteiger charge is -2.30. The molecule has 0 aromatic heterocycles. The van der Waals surface area contributed by atoms with E-state index in [1.807, 2.05) is 0 Å². The van der Waals surface area contributed by atoms with E-state index in [0.29, 0.717) is 13.0 Å². The van der Waals surface area contributed by atoms with Crippen molar-refractivity contribution in [1.82, 2.24) is 0 Å². The van der Waals surface area contributed by atoms with E-state index in [1.54, 1.807) is 19.2 Å². The number of ether oxygens (including phenoxy) is 1. The zero-order chi connectivity index (χ0) is 12.7. The number of rotatable bonds is 7. The highest BCUT2D eigenvalue weighted by Crippen LogP contribution is 2.28. The number of hydrogen-bond acceptors (Lipinski definition) is 3. The first-order valence-corrected chi connectivity index (χ1v) is 5.65. The zero-order valence-corrected chi connectivity index (χ0v) is 10.0. The van der Waals surface area contributed by atoms with Gasteiger partial charge in [0.1, 0.15) is 5.82 Å². The van der Waals surface area contributed by atoms with Gasteiger partial charge in [0.25, 0.3) is 0 Å². The third-order valence-corrected chi connectivity index (χ3v) is 3.07. The van der Waals surface area contributed by atoms with E-state index >= 15 is 0 Å². The Morgan fingerprint density at radius 3 is 2.24 bits per heavy atom. The van der Waals surface area contributed by atoms with Gasteiger partial charge in [-0.25, -0.2) is 4.39 Å². The van der Waals surface area contributed by atoms with Crippen LogP contribution in [-0.2, 0) is 10.2 Å². The van der Waals surface area contributed by atoms with Crippen molar-refractivity contribution in [2.45, 2.75) is 18.3 Å². The Hall–Kier alpha value is -0.970. The van der Waals surface area contributed by atoms with Crippen LogP contribution in [0.2, 0.25) is 0 Å². The summed E-state index contributed by atoms with van der Waals surface area (Å²) < 4.78 is 17.8. The molecule has 0 saturated carbocycles. The molecule has 0 saturated heterocycles. The van der Waals surface area contributed by atoms with E-state index < -0.39 is 5.41 Å². The van der Waals surface area contributed by atoms with Crippen LogP contribution in [0.4, 0.5) is 4.39 Å². The Morgan fingerprint density at radius 1 is 1.18 bits per heavy atom. The molecule has 0 amide bonds. The summed E-state index contributed by atoms with van der Waals surface area (Å²) in [6, 6.07) is 5.89. The second-order valence-electron chi connectivity index (χ2n) is 4.20. The van der Waals surface area contributed by atoms with Crippen molar-refractivity contribution in [2.24, 2.45) is 0 Å². The summed E-state index contributed by atoms with van der Waals surface area (Å²) in [5.41, 5.74) is 0.0340. The SMILES string of the molecule is COCCCC(CO)(CO)c1ccc(F)cc1. The van der Waals surface area contributed by atoms with Crippen molar-refractivity contribution < 1.29 is 19.3 Å². The Labute approximate surface area is 101 Å². The molecule has 96 valence electrons. The fourth-order valence-corrected chi connectivity index (χ4v) is 1.89. The van der Waals surface area contributed by atoms with E-state index in [-0.39, 0.29) is 19.0 Å². The molecule has 17 heavy (non-hydrogen) atoms. The maximum Gasteiger partial charge on any atom is 0.123 e. The van der Waals surface area contributed by atoms with Crippen molar-refractivity contribution in [2.75, 3.05) is 26.9 Å². The summed E-state index contributed by atoms with van der Waals surface area (Å²) in [5.74, 6) is -0.324. The van der Waals surface area contributed by atoms with Crippen LogP contribution < -0.4 is 0 Å². The van der Waals surface area contributed by atoms with Crippen molar-refractivity contribution >= 4 is 0 Å². The van der Waals surface area contributed by atoms with E-state index in [2.05, 4.69) is 0 Å². The van der Waals surface area contributed by atoms with Crippen LogP contribution in [0, 0.1) is 5.82 Å². The summed E-state index contributed by atoms with van der Waals surface area (Å²) >= 11 is 0. The predicted octanol–water partition coefficient (Wildman–Crippen LogP) is 1.47. The second-order valence-corrected chi connectivity index (χ2v) is 4.20. The van der Waals surface area contributed by atoms with Crippen LogP contribution in [0.25, 0.3) is 0 Å². The van der Waals surface area contributed by atoms with E-state index in [1.165, 1.54) is 12.1 Å². The van der Waals surface area contributed by atoms with Crippen molar-refractivity contribution in [3.8, 4) is 0 Å². The van der Waals surface area contributed by atoms with E-state index in [9.17, 15) is 14.6 Å². The summed E-state index contributed by atoms with van der Waals surface area (Å²) in [6.45, 7) is 0.237. The smallest absolute Gasteiger partial charge is 0.123 e. The Kier molecular flexibility index (Phi) is 5.55. The number of hydrogen-bond donors (Lipinski definition) is 2. The first kappa shape index (κ1) is 14.1. The van der Waals surface area contributed by atoms with Crippen LogP contribution in [0.5, 0.6) is 0 Å². The molecule has 0 aliphatic carbocycles. The average Bonchev–Trinajstić information content (AvgIpc) is 2.37. The molecule has 3 nitrogen and oxygen atoms in total. The number of aliphatic hydroxyl groups excluding tert-OH is 2. The van der Waals surface area contributed by atoms with Crippen LogP contribution in [0.1, 0.15) is 18.4 Å². The van der Waals surface area contributed by atoms with Crippen molar-refractivity contribution in [3.63, 3.8) is 0 Å². The molecule has 0 spiro atoms. The monoisotopic (exact) mass is 242 g/mol. The van der Waals surface area contributed by atoms with Gasteiger partial charge in [-0.05, 0) is 30.5 Å². The fourth-order valence-electron chi connectivity index (χ4n) is 1.89. The minimum absolute atomic E-state index is 0.168. The standard InChI is InChI=1S/C13H19FO3/c1-17-8-2-7-13(9-15,10-16)11-3-5-12(14)6-4-11/h3-6,15-16H,2,7-10H2,1H3. The summed E-state index contributed by atoms with van der Waals surface area (Å²) in [6.07, 6.45) is 1.33. The molecule has 0 heterocycles. The molecule has 0 fully saturated rings. The van der Waals surface area contributed by atoms with Crippen LogP contribution in [-0.4, -0.2) is 37.1 Å². The quantitative estimate of drug-likeness (QED) is 0.712. The van der Waals surface area contributed by atoms with Crippen molar-refractivity contribution in [3.05, 3.63) is 35.6 Å². The predicted molar refractivity (Wildman–Crippen MR) is 63.4 cm³/mol. The lowest BCUT2D eigenvalue weighted by molar-refractivity contribution is 0.0968. The Morgan fingerprint density at radius 2 is 1.76 bits per heavy atom. The molecule has 0 bridgehead atoms. The molecule has 1 rings (SSSR count). The summed E-state index contributed by atoms with van der Waals surface area (Å²) in [5, 5.41) is 19.0. The van der Waals surface area contributed by atoms with Gasteiger partial charge in [-0.3, -0.25) is 0 Å². The molecule has 0 atom stereocenters. The van der Waals surface area contributed by atoms with Gasteiger partial charge in [0.2, 0.25) is 0 Å². The van der Waals surface area contributed by atoms with Crippen molar-refractivity contribution in [1.29, 1.82) is 0 Å². The van der Waals surface area contributed by atoms with Gasteiger partial charge in [0, 0.05) is 19.1 Å². The number of methoxy groups -OCH3 is 1. The van der Waals surface area contributed by atoms with Gasteiger partial charge >= 0.3 is 0 Å². The minimum atomic E-state index is -0.716. The highest BCUT2D eigenvalue weighted by molar-refractivity contribution is 5.26. The molecule has 2 N–H and O–H groups in total. The summed E-state index contributed by atoms with van der Waals surface area (Å²) in [4.78, 5) is 0. The molecular formula is C13H19FO3. The number of aliphatic hydroxyl groups is 2. The van der Waals surface area contributed by atoms with Crippen LogP contribution >= 0.6 is 0 Å². The van der Waals surface area contributed by atoms with Gasteiger partial charge in [-0.1, -0.05) is 12.1 Å². The zero-order valence-electron chi connectivity index (χ0n) is 10.0. The van der Waals surface area contributed by atoms with Gasteiger partial charge < -0.3 is 14.9 Å². The van der Waals surface area contributed by atoms with E-state index in [4.69, 9.17) is 4.74 Å². The molecule has 0 radical (unpaired) electrons. The lowest BCUT2D eigenvalue weighted by Crippen LogP contribution is -2.35. The third kappa shape index (κ3) is 3.49.